The summed E-state index contributed by atoms with van der Waals surface area (Å²) in [6.45, 7) is 7.76. The number of benzene rings is 1. The fourth-order valence-corrected chi connectivity index (χ4v) is 3.48. The molecule has 7 heteroatoms. The number of piperidine rings is 1. The lowest BCUT2D eigenvalue weighted by molar-refractivity contribution is 0.322. The molecule has 0 bridgehead atoms. The number of aliphatic imine (C=N–C) groups is 1. The van der Waals surface area contributed by atoms with E-state index >= 15 is 0 Å². The lowest BCUT2D eigenvalue weighted by Crippen LogP contribution is -2.44. The molecule has 0 amide bonds. The lowest BCUT2D eigenvalue weighted by atomic mass is 10.0. The predicted molar refractivity (Wildman–Crippen MR) is 130 cm³/mol. The molecule has 0 radical (unpaired) electrons. The molecule has 164 valence electrons. The van der Waals surface area contributed by atoms with Crippen LogP contribution in [0.1, 0.15) is 38.7 Å². The van der Waals surface area contributed by atoms with Crippen LogP contribution in [-0.4, -0.2) is 56.2 Å². The van der Waals surface area contributed by atoms with Crippen molar-refractivity contribution < 1.29 is 0 Å². The number of nitrogen functional groups attached to an aromatic ring is 1. The predicted octanol–water partition coefficient (Wildman–Crippen LogP) is 3.18. The van der Waals surface area contributed by atoms with E-state index in [1.165, 1.54) is 6.21 Å². The molecule has 1 aliphatic heterocycles. The molecular formula is C23H37N7. The minimum absolute atomic E-state index is 0.312. The highest BCUT2D eigenvalue weighted by molar-refractivity contribution is 5.93. The maximum atomic E-state index is 7.52. The van der Waals surface area contributed by atoms with E-state index in [0.717, 1.165) is 68.3 Å². The van der Waals surface area contributed by atoms with Gasteiger partial charge in [-0.25, -0.2) is 4.99 Å². The average molecular weight is 412 g/mol. The second-order valence-corrected chi connectivity index (χ2v) is 7.42. The Bertz CT molecular complexity index is 767. The van der Waals surface area contributed by atoms with Gasteiger partial charge < -0.3 is 32.0 Å². The molecule has 7 nitrogen and oxygen atoms in total. The molecule has 1 fully saturated rings. The Morgan fingerprint density at radius 3 is 2.90 bits per heavy atom. The zero-order valence-electron chi connectivity index (χ0n) is 18.5. The van der Waals surface area contributed by atoms with E-state index in [9.17, 15) is 0 Å². The van der Waals surface area contributed by atoms with E-state index in [4.69, 9.17) is 16.1 Å². The Labute approximate surface area is 181 Å². The van der Waals surface area contributed by atoms with Crippen LogP contribution in [0.4, 0.5) is 11.4 Å². The quantitative estimate of drug-likeness (QED) is 0.176. The van der Waals surface area contributed by atoms with Gasteiger partial charge in [0, 0.05) is 55.4 Å². The Morgan fingerprint density at radius 2 is 2.20 bits per heavy atom. The lowest BCUT2D eigenvalue weighted by Gasteiger charge is -2.35. The Morgan fingerprint density at radius 1 is 1.37 bits per heavy atom. The van der Waals surface area contributed by atoms with Crippen molar-refractivity contribution in [1.82, 2.24) is 15.5 Å². The van der Waals surface area contributed by atoms with E-state index in [-0.39, 0.29) is 0 Å². The number of amidine groups is 1. The first-order chi connectivity index (χ1) is 14.6. The summed E-state index contributed by atoms with van der Waals surface area (Å²) in [5.74, 6) is 1.91. The molecule has 0 aliphatic carbocycles. The fourth-order valence-electron chi connectivity index (χ4n) is 3.48. The molecule has 1 atom stereocenters. The van der Waals surface area contributed by atoms with Crippen LogP contribution in [0.3, 0.4) is 0 Å². The van der Waals surface area contributed by atoms with Crippen LogP contribution in [0.5, 0.6) is 0 Å². The molecule has 1 aromatic carbocycles. The van der Waals surface area contributed by atoms with Crippen molar-refractivity contribution in [2.24, 2.45) is 4.99 Å². The van der Waals surface area contributed by atoms with Gasteiger partial charge in [-0.3, -0.25) is 0 Å². The van der Waals surface area contributed by atoms with Gasteiger partial charge in [-0.2, -0.15) is 0 Å². The number of anilines is 2. The van der Waals surface area contributed by atoms with Crippen molar-refractivity contribution in [2.75, 3.05) is 44.3 Å². The summed E-state index contributed by atoms with van der Waals surface area (Å²) in [6.07, 6.45) is 10.7. The molecule has 2 rings (SSSR count). The summed E-state index contributed by atoms with van der Waals surface area (Å²) in [6, 6.07) is 6.09. The summed E-state index contributed by atoms with van der Waals surface area (Å²) in [4.78, 5) is 7.28. The van der Waals surface area contributed by atoms with Gasteiger partial charge in [0.15, 0.2) is 0 Å². The van der Waals surface area contributed by atoms with E-state index < -0.39 is 0 Å². The number of hydrogen-bond acceptors (Lipinski definition) is 6. The molecule has 1 aliphatic rings. The molecule has 0 aromatic heterocycles. The van der Waals surface area contributed by atoms with Crippen LogP contribution >= 0.6 is 0 Å². The number of nitrogens with zero attached hydrogens (tertiary/aromatic N) is 2. The molecule has 1 saturated heterocycles. The first-order valence-corrected chi connectivity index (χ1v) is 10.8. The monoisotopic (exact) mass is 411 g/mol. The zero-order chi connectivity index (χ0) is 21.8. The second-order valence-electron chi connectivity index (χ2n) is 7.42. The molecule has 0 saturated carbocycles. The summed E-state index contributed by atoms with van der Waals surface area (Å²) in [5.41, 5.74) is 8.29. The SMILES string of the molecule is C\C=C/C(=N\C(=C\CC)NCCNC)N1CCCC(Nc2ccc(N)c(C=N)c2)C1. The zero-order valence-corrected chi connectivity index (χ0v) is 18.5. The van der Waals surface area contributed by atoms with E-state index in [2.05, 4.69) is 39.9 Å². The molecule has 30 heavy (non-hydrogen) atoms. The van der Waals surface area contributed by atoms with Crippen LogP contribution in [-0.2, 0) is 0 Å². The van der Waals surface area contributed by atoms with Crippen LogP contribution < -0.4 is 21.7 Å². The standard InChI is InChI=1S/C23H37N7/c1-4-7-22(27-13-12-26-3)29-23(8-5-2)30-14-6-9-20(17-30)28-19-10-11-21(25)18(15-19)16-24/h5,7-8,10-11,15-16,20,24,26-28H,4,6,9,12-14,17,25H2,1-3H3/b8-5-,22-7+,24-16?,29-23+. The van der Waals surface area contributed by atoms with E-state index in [1.807, 2.05) is 38.2 Å². The number of nitrogens with one attached hydrogen (secondary N) is 4. The largest absolute Gasteiger partial charge is 0.398 e. The molecular weight excluding hydrogens is 374 g/mol. The topological polar surface area (TPSA) is 102 Å². The van der Waals surface area contributed by atoms with Crippen molar-refractivity contribution in [1.29, 1.82) is 5.41 Å². The van der Waals surface area contributed by atoms with Gasteiger partial charge in [0.1, 0.15) is 11.7 Å². The minimum Gasteiger partial charge on any atom is -0.398 e. The van der Waals surface area contributed by atoms with Gasteiger partial charge in [-0.15, -0.1) is 0 Å². The molecule has 1 unspecified atom stereocenters. The van der Waals surface area contributed by atoms with Crippen LogP contribution in [0.2, 0.25) is 0 Å². The maximum Gasteiger partial charge on any atom is 0.130 e. The van der Waals surface area contributed by atoms with Crippen molar-refractivity contribution >= 4 is 23.4 Å². The van der Waals surface area contributed by atoms with Gasteiger partial charge in [0.05, 0.1) is 0 Å². The van der Waals surface area contributed by atoms with Crippen molar-refractivity contribution in [3.8, 4) is 0 Å². The van der Waals surface area contributed by atoms with Gasteiger partial charge >= 0.3 is 0 Å². The number of rotatable bonds is 10. The van der Waals surface area contributed by atoms with Gasteiger partial charge in [-0.05, 0) is 63.6 Å². The van der Waals surface area contributed by atoms with Crippen LogP contribution in [0.15, 0.2) is 47.2 Å². The van der Waals surface area contributed by atoms with Gasteiger partial charge in [0.2, 0.25) is 0 Å². The minimum atomic E-state index is 0.312. The molecule has 0 spiro atoms. The van der Waals surface area contributed by atoms with Gasteiger partial charge in [-0.1, -0.05) is 13.0 Å². The number of nitrogens with two attached hydrogens (primary N) is 1. The fraction of sp³-hybridized carbons (Fsp3) is 0.478. The smallest absolute Gasteiger partial charge is 0.130 e. The van der Waals surface area contributed by atoms with Gasteiger partial charge in [0.25, 0.3) is 0 Å². The van der Waals surface area contributed by atoms with E-state index in [1.54, 1.807) is 0 Å². The highest BCUT2D eigenvalue weighted by Crippen LogP contribution is 2.20. The third kappa shape index (κ3) is 7.22. The number of hydrogen-bond donors (Lipinski definition) is 5. The molecule has 1 aromatic rings. The summed E-state index contributed by atoms with van der Waals surface area (Å²) in [5, 5.41) is 17.7. The Balaban J connectivity index is 2.12. The van der Waals surface area contributed by atoms with Crippen LogP contribution in [0.25, 0.3) is 0 Å². The highest BCUT2D eigenvalue weighted by atomic mass is 15.2. The highest BCUT2D eigenvalue weighted by Gasteiger charge is 2.21. The van der Waals surface area contributed by atoms with Crippen molar-refractivity contribution in [3.63, 3.8) is 0 Å². The second kappa shape index (κ2) is 12.7. The third-order valence-corrected chi connectivity index (χ3v) is 4.99. The first-order valence-electron chi connectivity index (χ1n) is 10.8. The Hall–Kier alpha value is -2.80. The van der Waals surface area contributed by atoms with E-state index in [0.29, 0.717) is 11.7 Å². The van der Waals surface area contributed by atoms with Crippen molar-refractivity contribution in [2.45, 2.75) is 39.2 Å². The third-order valence-electron chi connectivity index (χ3n) is 4.99. The Kier molecular flexibility index (Phi) is 9.94. The number of allylic oxidation sites excluding steroid dienone is 2. The number of likely N-dealkylation sites (tertiary alicyclic amines) is 1. The normalized spacial score (nSPS) is 18.0. The van der Waals surface area contributed by atoms with Crippen molar-refractivity contribution in [3.05, 3.63) is 47.8 Å². The average Bonchev–Trinajstić information content (AvgIpc) is 2.75. The summed E-state index contributed by atoms with van der Waals surface area (Å²) < 4.78 is 0. The first kappa shape index (κ1) is 23.5. The molecule has 6 N–H and O–H groups in total. The van der Waals surface area contributed by atoms with Crippen LogP contribution in [0, 0.1) is 5.41 Å². The maximum absolute atomic E-state index is 7.52. The molecule has 1 heterocycles. The number of likely N-dealkylation sites (N-methyl/N-ethyl adjacent to an activating group) is 1. The summed E-state index contributed by atoms with van der Waals surface area (Å²) >= 11 is 0. The summed E-state index contributed by atoms with van der Waals surface area (Å²) in [7, 11) is 1.95.